The lowest BCUT2D eigenvalue weighted by Gasteiger charge is -2.19. The molecule has 1 aliphatic heterocycles. The van der Waals surface area contributed by atoms with Crippen LogP contribution in [-0.4, -0.2) is 15.7 Å². The van der Waals surface area contributed by atoms with Crippen LogP contribution in [0.1, 0.15) is 39.0 Å². The van der Waals surface area contributed by atoms with Gasteiger partial charge in [-0.05, 0) is 25.2 Å². The van der Waals surface area contributed by atoms with Crippen molar-refractivity contribution in [3.8, 4) is 0 Å². The summed E-state index contributed by atoms with van der Waals surface area (Å²) in [4.78, 5) is 25.4. The van der Waals surface area contributed by atoms with E-state index in [1.54, 1.807) is 13.1 Å². The number of rotatable bonds is 2. The molecule has 0 bridgehead atoms. The van der Waals surface area contributed by atoms with E-state index in [-0.39, 0.29) is 17.9 Å². The fraction of sp³-hybridized carbons (Fsp3) is 0.692. The molecule has 0 amide bonds. The van der Waals surface area contributed by atoms with Crippen molar-refractivity contribution in [1.82, 2.24) is 9.55 Å². The number of H-pyrrole nitrogens is 1. The Kier molecular flexibility index (Phi) is 3.43. The van der Waals surface area contributed by atoms with E-state index < -0.39 is 5.69 Å². The van der Waals surface area contributed by atoms with Crippen LogP contribution < -0.4 is 11.2 Å². The van der Waals surface area contributed by atoms with Crippen molar-refractivity contribution in [1.29, 1.82) is 0 Å². The Morgan fingerprint density at radius 2 is 2.11 bits per heavy atom. The number of hydrogen-bond acceptors (Lipinski definition) is 3. The summed E-state index contributed by atoms with van der Waals surface area (Å²) < 4.78 is 7.43. The van der Waals surface area contributed by atoms with Crippen molar-refractivity contribution in [2.75, 3.05) is 0 Å². The molecular formula is C13H20N2O3. The van der Waals surface area contributed by atoms with Gasteiger partial charge < -0.3 is 4.74 Å². The Morgan fingerprint density at radius 1 is 1.44 bits per heavy atom. The van der Waals surface area contributed by atoms with E-state index in [4.69, 9.17) is 4.74 Å². The van der Waals surface area contributed by atoms with Gasteiger partial charge in [-0.1, -0.05) is 20.8 Å². The van der Waals surface area contributed by atoms with Crippen LogP contribution in [0.15, 0.2) is 15.8 Å². The Hall–Kier alpha value is -1.36. The number of nitrogens with one attached hydrogen (secondary N) is 1. The largest absolute Gasteiger partial charge is 0.354 e. The minimum atomic E-state index is -0.396. The third-order valence-electron chi connectivity index (χ3n) is 3.56. The molecule has 1 aliphatic rings. The Labute approximate surface area is 106 Å². The van der Waals surface area contributed by atoms with Crippen LogP contribution in [0, 0.1) is 18.8 Å². The molecule has 1 aromatic rings. The van der Waals surface area contributed by atoms with Gasteiger partial charge in [0.25, 0.3) is 5.56 Å². The second kappa shape index (κ2) is 4.72. The number of nitrogens with zero attached hydrogens (tertiary/aromatic N) is 1. The van der Waals surface area contributed by atoms with E-state index in [9.17, 15) is 9.59 Å². The maximum atomic E-state index is 11.8. The molecule has 0 spiro atoms. The third kappa shape index (κ3) is 2.27. The lowest BCUT2D eigenvalue weighted by molar-refractivity contribution is -0.0277. The predicted octanol–water partition coefficient (Wildman–Crippen LogP) is 1.42. The Morgan fingerprint density at radius 3 is 2.67 bits per heavy atom. The lowest BCUT2D eigenvalue weighted by atomic mass is 9.94. The SMILES string of the molecule is Cc1cn(C2CC(C)C(C(C)C)O2)c(=O)[nH]c1=O. The van der Waals surface area contributed by atoms with Crippen LogP contribution in [-0.2, 0) is 4.74 Å². The van der Waals surface area contributed by atoms with Gasteiger partial charge in [0.05, 0.1) is 6.10 Å². The molecule has 0 aromatic carbocycles. The lowest BCUT2D eigenvalue weighted by Crippen LogP contribution is -2.33. The molecular weight excluding hydrogens is 232 g/mol. The first kappa shape index (κ1) is 13.1. The number of hydrogen-bond donors (Lipinski definition) is 1. The molecule has 1 fully saturated rings. The van der Waals surface area contributed by atoms with Crippen molar-refractivity contribution in [3.63, 3.8) is 0 Å². The van der Waals surface area contributed by atoms with Gasteiger partial charge in [-0.15, -0.1) is 0 Å². The summed E-state index contributed by atoms with van der Waals surface area (Å²) in [7, 11) is 0. The second-order valence-corrected chi connectivity index (χ2v) is 5.49. The highest BCUT2D eigenvalue weighted by Gasteiger charge is 2.35. The zero-order chi connectivity index (χ0) is 13.4. The standard InChI is InChI=1S/C13H20N2O3/c1-7(2)11-8(3)5-10(18-11)15-6-9(4)12(16)14-13(15)17/h6-8,10-11H,5H2,1-4H3,(H,14,16,17). The smallest absolute Gasteiger partial charge is 0.330 e. The molecule has 0 saturated carbocycles. The summed E-state index contributed by atoms with van der Waals surface area (Å²) in [5.41, 5.74) is -0.200. The van der Waals surface area contributed by atoms with Crippen molar-refractivity contribution in [3.05, 3.63) is 32.6 Å². The van der Waals surface area contributed by atoms with Gasteiger partial charge in [0, 0.05) is 11.8 Å². The van der Waals surface area contributed by atoms with Gasteiger partial charge in [0.15, 0.2) is 0 Å². The normalized spacial score (nSPS) is 27.9. The van der Waals surface area contributed by atoms with E-state index in [1.807, 2.05) is 0 Å². The molecule has 100 valence electrons. The fourth-order valence-corrected chi connectivity index (χ4v) is 2.62. The highest BCUT2D eigenvalue weighted by molar-refractivity contribution is 5.01. The minimum absolute atomic E-state index is 0.161. The first-order valence-electron chi connectivity index (χ1n) is 6.37. The van der Waals surface area contributed by atoms with Gasteiger partial charge >= 0.3 is 5.69 Å². The molecule has 2 heterocycles. The van der Waals surface area contributed by atoms with Gasteiger partial charge in [-0.25, -0.2) is 4.79 Å². The molecule has 1 N–H and O–H groups in total. The van der Waals surface area contributed by atoms with E-state index in [0.29, 0.717) is 17.4 Å². The maximum Gasteiger partial charge on any atom is 0.330 e. The molecule has 5 nitrogen and oxygen atoms in total. The first-order valence-corrected chi connectivity index (χ1v) is 6.37. The molecule has 3 atom stereocenters. The Balaban J connectivity index is 2.32. The topological polar surface area (TPSA) is 64.1 Å². The molecule has 2 rings (SSSR count). The number of aromatic amines is 1. The second-order valence-electron chi connectivity index (χ2n) is 5.49. The summed E-state index contributed by atoms with van der Waals surface area (Å²) in [5.74, 6) is 0.832. The number of aryl methyl sites for hydroxylation is 1. The van der Waals surface area contributed by atoms with Gasteiger partial charge in [-0.2, -0.15) is 0 Å². The number of ether oxygens (including phenoxy) is 1. The van der Waals surface area contributed by atoms with Crippen molar-refractivity contribution < 1.29 is 4.74 Å². The summed E-state index contributed by atoms with van der Waals surface area (Å²) in [5, 5.41) is 0. The van der Waals surface area contributed by atoms with Gasteiger partial charge in [0.1, 0.15) is 6.23 Å². The van der Waals surface area contributed by atoms with Gasteiger partial charge in [-0.3, -0.25) is 14.3 Å². The highest BCUT2D eigenvalue weighted by atomic mass is 16.5. The predicted molar refractivity (Wildman–Crippen MR) is 68.6 cm³/mol. The zero-order valence-electron chi connectivity index (χ0n) is 11.3. The molecule has 3 unspecified atom stereocenters. The Bertz CT molecular complexity index is 544. The van der Waals surface area contributed by atoms with E-state index in [1.165, 1.54) is 4.57 Å². The molecule has 0 aliphatic carbocycles. The maximum absolute atomic E-state index is 11.8. The van der Waals surface area contributed by atoms with Crippen LogP contribution >= 0.6 is 0 Å². The first-order chi connectivity index (χ1) is 8.40. The summed E-state index contributed by atoms with van der Waals surface area (Å²) >= 11 is 0. The zero-order valence-corrected chi connectivity index (χ0v) is 11.3. The average Bonchev–Trinajstić information content (AvgIpc) is 2.65. The highest BCUT2D eigenvalue weighted by Crippen LogP contribution is 2.35. The van der Waals surface area contributed by atoms with Crippen molar-refractivity contribution >= 4 is 0 Å². The van der Waals surface area contributed by atoms with Crippen molar-refractivity contribution in [2.45, 2.75) is 46.4 Å². The van der Waals surface area contributed by atoms with Crippen LogP contribution in [0.25, 0.3) is 0 Å². The average molecular weight is 252 g/mol. The molecule has 1 saturated heterocycles. The third-order valence-corrected chi connectivity index (χ3v) is 3.56. The minimum Gasteiger partial charge on any atom is -0.354 e. The summed E-state index contributed by atoms with van der Waals surface area (Å²) in [6.45, 7) is 8.05. The fourth-order valence-electron chi connectivity index (χ4n) is 2.62. The molecule has 1 aromatic heterocycles. The molecule has 5 heteroatoms. The summed E-state index contributed by atoms with van der Waals surface area (Å²) in [6, 6.07) is 0. The van der Waals surface area contributed by atoms with E-state index in [2.05, 4.69) is 25.8 Å². The monoisotopic (exact) mass is 252 g/mol. The van der Waals surface area contributed by atoms with E-state index >= 15 is 0 Å². The van der Waals surface area contributed by atoms with Crippen LogP contribution in [0.2, 0.25) is 0 Å². The molecule has 0 radical (unpaired) electrons. The summed E-state index contributed by atoms with van der Waals surface area (Å²) in [6.07, 6.45) is 2.28. The van der Waals surface area contributed by atoms with E-state index in [0.717, 1.165) is 6.42 Å². The van der Waals surface area contributed by atoms with Crippen LogP contribution in [0.3, 0.4) is 0 Å². The quantitative estimate of drug-likeness (QED) is 0.866. The van der Waals surface area contributed by atoms with Crippen molar-refractivity contribution in [2.24, 2.45) is 11.8 Å². The number of aromatic nitrogens is 2. The molecule has 18 heavy (non-hydrogen) atoms. The van der Waals surface area contributed by atoms with Gasteiger partial charge in [0.2, 0.25) is 0 Å². The van der Waals surface area contributed by atoms with Crippen LogP contribution in [0.5, 0.6) is 0 Å². The van der Waals surface area contributed by atoms with Crippen LogP contribution in [0.4, 0.5) is 0 Å².